The third-order valence-corrected chi connectivity index (χ3v) is 3.66. The minimum absolute atomic E-state index is 0.136. The summed E-state index contributed by atoms with van der Waals surface area (Å²) in [5.74, 6) is 0.136. The third-order valence-electron chi connectivity index (χ3n) is 3.11. The molecule has 0 heterocycles. The predicted octanol–water partition coefficient (Wildman–Crippen LogP) is 4.03. The van der Waals surface area contributed by atoms with Gasteiger partial charge in [-0.25, -0.2) is 0 Å². The van der Waals surface area contributed by atoms with Crippen molar-refractivity contribution >= 4 is 21.7 Å². The van der Waals surface area contributed by atoms with Crippen molar-refractivity contribution in [2.24, 2.45) is 5.41 Å². The van der Waals surface area contributed by atoms with Crippen LogP contribution < -0.4 is 0 Å². The molecule has 0 aromatic rings. The summed E-state index contributed by atoms with van der Waals surface area (Å²) in [5.41, 5.74) is 3.01. The summed E-state index contributed by atoms with van der Waals surface area (Å²) in [6.07, 6.45) is 7.36. The van der Waals surface area contributed by atoms with E-state index in [1.54, 1.807) is 6.08 Å². The van der Waals surface area contributed by atoms with Crippen molar-refractivity contribution in [2.75, 3.05) is 5.33 Å². The first-order valence-electron chi connectivity index (χ1n) is 5.44. The Balaban J connectivity index is 2.90. The van der Waals surface area contributed by atoms with Crippen molar-refractivity contribution in [1.82, 2.24) is 0 Å². The molecule has 1 aliphatic rings. The van der Waals surface area contributed by atoms with Crippen molar-refractivity contribution < 1.29 is 4.79 Å². The summed E-state index contributed by atoms with van der Waals surface area (Å²) in [5, 5.41) is 0.413. The van der Waals surface area contributed by atoms with Crippen molar-refractivity contribution in [2.45, 2.75) is 40.0 Å². The summed E-state index contributed by atoms with van der Waals surface area (Å²) in [6.45, 7) is 6.70. The molecule has 0 aliphatic heterocycles. The minimum Gasteiger partial charge on any atom is -0.294 e. The van der Waals surface area contributed by atoms with Crippen LogP contribution in [0.5, 0.6) is 0 Å². The largest absolute Gasteiger partial charge is 0.294 e. The smallest absolute Gasteiger partial charge is 0.166 e. The van der Waals surface area contributed by atoms with E-state index in [0.717, 1.165) is 0 Å². The van der Waals surface area contributed by atoms with E-state index in [1.165, 1.54) is 30.4 Å². The number of carbonyl (C=O) groups excluding carboxylic acids is 1. The Labute approximate surface area is 101 Å². The van der Waals surface area contributed by atoms with Gasteiger partial charge in [0.05, 0.1) is 5.33 Å². The molecule has 0 saturated heterocycles. The van der Waals surface area contributed by atoms with Gasteiger partial charge in [-0.1, -0.05) is 41.4 Å². The molecule has 1 aliphatic carbocycles. The summed E-state index contributed by atoms with van der Waals surface area (Å²) in [6, 6.07) is 0. The van der Waals surface area contributed by atoms with Crippen LogP contribution in [0.4, 0.5) is 0 Å². The van der Waals surface area contributed by atoms with Gasteiger partial charge in [-0.3, -0.25) is 4.79 Å². The van der Waals surface area contributed by atoms with Gasteiger partial charge in [-0.2, -0.15) is 0 Å². The van der Waals surface area contributed by atoms with Crippen molar-refractivity contribution in [3.63, 3.8) is 0 Å². The molecule has 0 unspecified atom stereocenters. The van der Waals surface area contributed by atoms with Gasteiger partial charge in [0.25, 0.3) is 0 Å². The fraction of sp³-hybridized carbons (Fsp3) is 0.615. The van der Waals surface area contributed by atoms with E-state index in [2.05, 4.69) is 36.7 Å². The molecule has 0 aromatic heterocycles. The molecule has 15 heavy (non-hydrogen) atoms. The van der Waals surface area contributed by atoms with Crippen LogP contribution in [0.15, 0.2) is 23.3 Å². The molecular weight excluding hydrogens is 252 g/mol. The number of rotatable bonds is 3. The number of ketones is 1. The second-order valence-electron chi connectivity index (χ2n) is 4.86. The van der Waals surface area contributed by atoms with Gasteiger partial charge >= 0.3 is 0 Å². The zero-order valence-electron chi connectivity index (χ0n) is 9.77. The molecule has 0 atom stereocenters. The molecule has 84 valence electrons. The zero-order valence-corrected chi connectivity index (χ0v) is 11.4. The van der Waals surface area contributed by atoms with Crippen LogP contribution in [0.25, 0.3) is 0 Å². The standard InChI is InChI=1S/C13H19BrO/c1-10-5-4-8-13(2,3)12(10)7-6-11(15)9-14/h6-7H,4-5,8-9H2,1-3H3/b7-6+. The van der Waals surface area contributed by atoms with E-state index < -0.39 is 0 Å². The summed E-state index contributed by atoms with van der Waals surface area (Å²) in [7, 11) is 0. The van der Waals surface area contributed by atoms with Gasteiger partial charge < -0.3 is 0 Å². The van der Waals surface area contributed by atoms with E-state index in [-0.39, 0.29) is 11.2 Å². The molecule has 0 amide bonds. The average molecular weight is 271 g/mol. The van der Waals surface area contributed by atoms with Gasteiger partial charge in [-0.05, 0) is 43.3 Å². The second kappa shape index (κ2) is 5.11. The molecule has 0 N–H and O–H groups in total. The maximum atomic E-state index is 11.2. The number of hydrogen-bond donors (Lipinski definition) is 0. The lowest BCUT2D eigenvalue weighted by molar-refractivity contribution is -0.112. The molecule has 2 heteroatoms. The maximum Gasteiger partial charge on any atom is 0.166 e. The Morgan fingerprint density at radius 2 is 2.20 bits per heavy atom. The molecule has 0 radical (unpaired) electrons. The lowest BCUT2D eigenvalue weighted by Crippen LogP contribution is -2.19. The molecule has 1 rings (SSSR count). The highest BCUT2D eigenvalue weighted by molar-refractivity contribution is 9.09. The summed E-state index contributed by atoms with van der Waals surface area (Å²) >= 11 is 3.17. The Kier molecular flexibility index (Phi) is 4.32. The lowest BCUT2D eigenvalue weighted by atomic mass is 9.72. The van der Waals surface area contributed by atoms with Crippen LogP contribution in [-0.4, -0.2) is 11.1 Å². The van der Waals surface area contributed by atoms with E-state index >= 15 is 0 Å². The van der Waals surface area contributed by atoms with Crippen LogP contribution in [0, 0.1) is 5.41 Å². The first-order valence-corrected chi connectivity index (χ1v) is 6.56. The van der Waals surface area contributed by atoms with Gasteiger partial charge in [0.1, 0.15) is 0 Å². The summed E-state index contributed by atoms with van der Waals surface area (Å²) < 4.78 is 0. The van der Waals surface area contributed by atoms with Crippen molar-refractivity contribution in [3.05, 3.63) is 23.3 Å². The van der Waals surface area contributed by atoms with Gasteiger partial charge in [0, 0.05) is 0 Å². The van der Waals surface area contributed by atoms with E-state index in [1.807, 2.05) is 6.08 Å². The highest BCUT2D eigenvalue weighted by Gasteiger charge is 2.26. The Bertz CT molecular complexity index is 310. The first kappa shape index (κ1) is 12.7. The topological polar surface area (TPSA) is 17.1 Å². The SMILES string of the molecule is CC1=C(/C=C/C(=O)CBr)C(C)(C)CCC1. The molecule has 0 aromatic carbocycles. The zero-order chi connectivity index (χ0) is 11.5. The van der Waals surface area contributed by atoms with Crippen molar-refractivity contribution in [3.8, 4) is 0 Å². The van der Waals surface area contributed by atoms with Crippen LogP contribution in [0.3, 0.4) is 0 Å². The minimum atomic E-state index is 0.136. The highest BCUT2D eigenvalue weighted by atomic mass is 79.9. The normalized spacial score (nSPS) is 21.1. The maximum absolute atomic E-state index is 11.2. The van der Waals surface area contributed by atoms with Crippen molar-refractivity contribution in [1.29, 1.82) is 0 Å². The monoisotopic (exact) mass is 270 g/mol. The third kappa shape index (κ3) is 3.30. The Morgan fingerprint density at radius 1 is 1.53 bits per heavy atom. The van der Waals surface area contributed by atoms with E-state index in [0.29, 0.717) is 5.33 Å². The Hall–Kier alpha value is -0.370. The number of alkyl halides is 1. The second-order valence-corrected chi connectivity index (χ2v) is 5.43. The van der Waals surface area contributed by atoms with Gasteiger partial charge in [0.2, 0.25) is 0 Å². The quantitative estimate of drug-likeness (QED) is 0.559. The first-order chi connectivity index (χ1) is 6.97. The highest BCUT2D eigenvalue weighted by Crippen LogP contribution is 2.40. The van der Waals surface area contributed by atoms with Crippen LogP contribution >= 0.6 is 15.9 Å². The molecule has 1 nitrogen and oxygen atoms in total. The van der Waals surface area contributed by atoms with Gasteiger partial charge in [0.15, 0.2) is 5.78 Å². The summed E-state index contributed by atoms with van der Waals surface area (Å²) in [4.78, 5) is 11.2. The number of allylic oxidation sites excluding steroid dienone is 4. The van der Waals surface area contributed by atoms with Crippen LogP contribution in [0.1, 0.15) is 40.0 Å². The lowest BCUT2D eigenvalue weighted by Gasteiger charge is -2.32. The molecule has 0 spiro atoms. The van der Waals surface area contributed by atoms with E-state index in [9.17, 15) is 4.79 Å². The fourth-order valence-electron chi connectivity index (χ4n) is 2.23. The Morgan fingerprint density at radius 3 is 2.73 bits per heavy atom. The molecular formula is C13H19BrO. The fourth-order valence-corrected chi connectivity index (χ4v) is 2.42. The predicted molar refractivity (Wildman–Crippen MR) is 68.3 cm³/mol. The van der Waals surface area contributed by atoms with Crippen LogP contribution in [0.2, 0.25) is 0 Å². The molecule has 0 bridgehead atoms. The molecule has 0 saturated carbocycles. The average Bonchev–Trinajstić information content (AvgIpc) is 2.15. The van der Waals surface area contributed by atoms with E-state index in [4.69, 9.17) is 0 Å². The number of carbonyl (C=O) groups is 1. The number of hydrogen-bond acceptors (Lipinski definition) is 1. The molecule has 0 fully saturated rings. The van der Waals surface area contributed by atoms with Crippen LogP contribution in [-0.2, 0) is 4.79 Å². The van der Waals surface area contributed by atoms with Gasteiger partial charge in [-0.15, -0.1) is 0 Å². The number of halogens is 1.